The SMILES string of the molecule is CCCCCC(C)n1c(O)c(C)c(=O)[nH]c1=O. The van der Waals surface area contributed by atoms with Gasteiger partial charge >= 0.3 is 5.69 Å². The minimum absolute atomic E-state index is 0.107. The Hall–Kier alpha value is -1.52. The van der Waals surface area contributed by atoms with Gasteiger partial charge in [-0.3, -0.25) is 14.3 Å². The number of unbranched alkanes of at least 4 members (excludes halogenated alkanes) is 2. The molecule has 17 heavy (non-hydrogen) atoms. The van der Waals surface area contributed by atoms with E-state index in [0.29, 0.717) is 0 Å². The normalized spacial score (nSPS) is 12.6. The predicted molar refractivity (Wildman–Crippen MR) is 66.6 cm³/mol. The van der Waals surface area contributed by atoms with E-state index >= 15 is 0 Å². The number of rotatable bonds is 5. The van der Waals surface area contributed by atoms with Gasteiger partial charge in [0.1, 0.15) is 0 Å². The van der Waals surface area contributed by atoms with Crippen molar-refractivity contribution in [2.24, 2.45) is 0 Å². The number of aromatic hydroxyl groups is 1. The topological polar surface area (TPSA) is 75.1 Å². The fourth-order valence-corrected chi connectivity index (χ4v) is 1.86. The van der Waals surface area contributed by atoms with Crippen molar-refractivity contribution in [1.29, 1.82) is 0 Å². The number of hydrogen-bond acceptors (Lipinski definition) is 3. The highest BCUT2D eigenvalue weighted by Gasteiger charge is 2.15. The van der Waals surface area contributed by atoms with Crippen molar-refractivity contribution in [3.63, 3.8) is 0 Å². The number of aromatic nitrogens is 2. The van der Waals surface area contributed by atoms with Crippen molar-refractivity contribution in [2.45, 2.75) is 52.5 Å². The fraction of sp³-hybridized carbons (Fsp3) is 0.667. The standard InChI is InChI=1S/C12H20N2O3/c1-4-5-6-7-8(2)14-11(16)9(3)10(15)13-12(14)17/h8,16H,4-7H2,1-3H3,(H,13,15,17). The number of nitrogens with zero attached hydrogens (tertiary/aromatic N) is 1. The molecule has 5 nitrogen and oxygen atoms in total. The first kappa shape index (κ1) is 13.5. The lowest BCUT2D eigenvalue weighted by molar-refractivity contribution is 0.353. The molecule has 0 aliphatic carbocycles. The molecule has 1 aromatic heterocycles. The van der Waals surface area contributed by atoms with E-state index in [1.165, 1.54) is 11.5 Å². The lowest BCUT2D eigenvalue weighted by Crippen LogP contribution is -2.33. The minimum atomic E-state index is -0.540. The molecule has 1 atom stereocenters. The summed E-state index contributed by atoms with van der Waals surface area (Å²) >= 11 is 0. The molecule has 0 aliphatic heterocycles. The lowest BCUT2D eigenvalue weighted by Gasteiger charge is -2.16. The van der Waals surface area contributed by atoms with E-state index in [2.05, 4.69) is 11.9 Å². The maximum absolute atomic E-state index is 11.6. The summed E-state index contributed by atoms with van der Waals surface area (Å²) in [6.07, 6.45) is 4.02. The highest BCUT2D eigenvalue weighted by Crippen LogP contribution is 2.19. The molecule has 0 amide bonds. The summed E-state index contributed by atoms with van der Waals surface area (Å²) in [6, 6.07) is -0.107. The van der Waals surface area contributed by atoms with E-state index in [1.807, 2.05) is 6.92 Å². The van der Waals surface area contributed by atoms with Crippen LogP contribution in [0.15, 0.2) is 9.59 Å². The Balaban J connectivity index is 3.02. The Kier molecular flexibility index (Phi) is 4.54. The van der Waals surface area contributed by atoms with Gasteiger partial charge in [0, 0.05) is 6.04 Å². The van der Waals surface area contributed by atoms with E-state index in [4.69, 9.17) is 0 Å². The Morgan fingerprint density at radius 1 is 1.35 bits per heavy atom. The largest absolute Gasteiger partial charge is 0.494 e. The summed E-state index contributed by atoms with van der Waals surface area (Å²) in [7, 11) is 0. The van der Waals surface area contributed by atoms with Gasteiger partial charge in [0.25, 0.3) is 5.56 Å². The molecule has 0 bridgehead atoms. The molecule has 2 N–H and O–H groups in total. The van der Waals surface area contributed by atoms with Gasteiger partial charge in [0.15, 0.2) is 0 Å². The van der Waals surface area contributed by atoms with Crippen molar-refractivity contribution in [2.75, 3.05) is 0 Å². The van der Waals surface area contributed by atoms with Crippen LogP contribution in [-0.4, -0.2) is 14.7 Å². The molecule has 0 aliphatic rings. The molecule has 96 valence electrons. The van der Waals surface area contributed by atoms with Crippen LogP contribution in [0.4, 0.5) is 0 Å². The molecule has 1 unspecified atom stereocenters. The first-order chi connectivity index (χ1) is 7.99. The number of aromatic amines is 1. The van der Waals surface area contributed by atoms with Crippen molar-refractivity contribution in [3.8, 4) is 5.88 Å². The third-order valence-electron chi connectivity index (χ3n) is 3.01. The molecule has 0 saturated heterocycles. The Bertz CT molecular complexity index is 488. The highest BCUT2D eigenvalue weighted by molar-refractivity contribution is 5.20. The minimum Gasteiger partial charge on any atom is -0.494 e. The molecular formula is C12H20N2O3. The van der Waals surface area contributed by atoms with Gasteiger partial charge in [0.05, 0.1) is 5.56 Å². The van der Waals surface area contributed by atoms with Crippen molar-refractivity contribution >= 4 is 0 Å². The van der Waals surface area contributed by atoms with Gasteiger partial charge in [-0.05, 0) is 20.3 Å². The summed E-state index contributed by atoms with van der Waals surface area (Å²) in [5.74, 6) is -0.220. The highest BCUT2D eigenvalue weighted by atomic mass is 16.3. The van der Waals surface area contributed by atoms with E-state index in [-0.39, 0.29) is 17.5 Å². The Morgan fingerprint density at radius 2 is 2.00 bits per heavy atom. The zero-order chi connectivity index (χ0) is 13.0. The quantitative estimate of drug-likeness (QED) is 0.769. The van der Waals surface area contributed by atoms with Gasteiger partial charge in [-0.2, -0.15) is 0 Å². The smallest absolute Gasteiger partial charge is 0.331 e. The average Bonchev–Trinajstić information content (AvgIpc) is 2.26. The molecule has 0 spiro atoms. The molecule has 5 heteroatoms. The van der Waals surface area contributed by atoms with E-state index in [1.54, 1.807) is 0 Å². The predicted octanol–water partition coefficient (Wildman–Crippen LogP) is 1.69. The molecule has 1 aromatic rings. The number of hydrogen-bond donors (Lipinski definition) is 2. The summed E-state index contributed by atoms with van der Waals surface area (Å²) in [6.45, 7) is 5.48. The second kappa shape index (κ2) is 5.70. The van der Waals surface area contributed by atoms with E-state index < -0.39 is 11.2 Å². The third-order valence-corrected chi connectivity index (χ3v) is 3.01. The molecule has 1 heterocycles. The van der Waals surface area contributed by atoms with Crippen LogP contribution in [0, 0.1) is 6.92 Å². The fourth-order valence-electron chi connectivity index (χ4n) is 1.86. The summed E-state index contributed by atoms with van der Waals surface area (Å²) in [5, 5.41) is 9.83. The van der Waals surface area contributed by atoms with Crippen LogP contribution < -0.4 is 11.2 Å². The monoisotopic (exact) mass is 240 g/mol. The Labute approximate surface area is 100 Å². The summed E-state index contributed by atoms with van der Waals surface area (Å²) < 4.78 is 1.26. The number of H-pyrrole nitrogens is 1. The van der Waals surface area contributed by atoms with Crippen molar-refractivity contribution < 1.29 is 5.11 Å². The average molecular weight is 240 g/mol. The summed E-state index contributed by atoms with van der Waals surface area (Å²) in [5.41, 5.74) is -0.876. The summed E-state index contributed by atoms with van der Waals surface area (Å²) in [4.78, 5) is 25.1. The van der Waals surface area contributed by atoms with Crippen LogP contribution in [0.1, 0.15) is 51.1 Å². The van der Waals surface area contributed by atoms with Crippen molar-refractivity contribution in [3.05, 3.63) is 26.4 Å². The lowest BCUT2D eigenvalue weighted by atomic mass is 10.1. The second-order valence-electron chi connectivity index (χ2n) is 4.42. The van der Waals surface area contributed by atoms with Gasteiger partial charge in [-0.15, -0.1) is 0 Å². The van der Waals surface area contributed by atoms with Crippen LogP contribution in [0.5, 0.6) is 5.88 Å². The van der Waals surface area contributed by atoms with Crippen LogP contribution in [0.3, 0.4) is 0 Å². The van der Waals surface area contributed by atoms with Gasteiger partial charge < -0.3 is 5.11 Å². The van der Waals surface area contributed by atoms with Crippen LogP contribution >= 0.6 is 0 Å². The molecular weight excluding hydrogens is 220 g/mol. The zero-order valence-electron chi connectivity index (χ0n) is 10.6. The third kappa shape index (κ3) is 2.99. The maximum atomic E-state index is 11.6. The van der Waals surface area contributed by atoms with Crippen LogP contribution in [0.25, 0.3) is 0 Å². The molecule has 0 aromatic carbocycles. The zero-order valence-corrected chi connectivity index (χ0v) is 10.6. The van der Waals surface area contributed by atoms with Gasteiger partial charge in [0.2, 0.25) is 5.88 Å². The van der Waals surface area contributed by atoms with E-state index in [0.717, 1.165) is 25.7 Å². The van der Waals surface area contributed by atoms with Gasteiger partial charge in [-0.1, -0.05) is 26.2 Å². The second-order valence-corrected chi connectivity index (χ2v) is 4.42. The van der Waals surface area contributed by atoms with E-state index in [9.17, 15) is 14.7 Å². The first-order valence-electron chi connectivity index (χ1n) is 6.03. The first-order valence-corrected chi connectivity index (χ1v) is 6.03. The number of nitrogens with one attached hydrogen (secondary N) is 1. The molecule has 1 rings (SSSR count). The molecule has 0 saturated carbocycles. The van der Waals surface area contributed by atoms with Crippen LogP contribution in [-0.2, 0) is 0 Å². The maximum Gasteiger partial charge on any atom is 0.331 e. The van der Waals surface area contributed by atoms with Crippen LogP contribution in [0.2, 0.25) is 0 Å². The van der Waals surface area contributed by atoms with Gasteiger partial charge in [-0.25, -0.2) is 4.79 Å². The van der Waals surface area contributed by atoms with Crippen molar-refractivity contribution in [1.82, 2.24) is 9.55 Å². The molecule has 0 fully saturated rings. The molecule has 0 radical (unpaired) electrons. The Morgan fingerprint density at radius 3 is 2.59 bits per heavy atom.